The van der Waals surface area contributed by atoms with E-state index < -0.39 is 0 Å². The predicted molar refractivity (Wildman–Crippen MR) is 36.9 cm³/mol. The molecule has 0 amide bonds. The molecule has 1 atom stereocenters. The van der Waals surface area contributed by atoms with Crippen molar-refractivity contribution in [2.75, 3.05) is 7.05 Å². The Bertz CT molecular complexity index is 106. The summed E-state index contributed by atoms with van der Waals surface area (Å²) in [5.74, 6) is 0.978. The minimum Gasteiger partial charge on any atom is -0.252 e. The zero-order valence-corrected chi connectivity index (χ0v) is 6.09. The molecule has 9 heavy (non-hydrogen) atoms. The molecular weight excluding hydrogens is 112 g/mol. The summed E-state index contributed by atoms with van der Waals surface area (Å²) in [6.07, 6.45) is 2.84. The van der Waals surface area contributed by atoms with Crippen LogP contribution in [0.2, 0.25) is 0 Å². The van der Waals surface area contributed by atoms with Gasteiger partial charge in [-0.25, -0.2) is 5.01 Å². The molecule has 3 fully saturated rings. The maximum absolute atomic E-state index is 3.41. The zero-order valence-electron chi connectivity index (χ0n) is 6.09. The molecule has 0 aromatic heterocycles. The van der Waals surface area contributed by atoms with Gasteiger partial charge in [-0.05, 0) is 25.7 Å². The van der Waals surface area contributed by atoms with Crippen LogP contribution in [0.15, 0.2) is 0 Å². The number of hydrogen-bond donors (Lipinski definition) is 1. The quantitative estimate of drug-likeness (QED) is 0.511. The summed E-state index contributed by atoms with van der Waals surface area (Å²) >= 11 is 0. The van der Waals surface area contributed by atoms with E-state index in [-0.39, 0.29) is 0 Å². The number of hydrazine groups is 1. The maximum Gasteiger partial charge on any atom is 0.0247 e. The van der Waals surface area contributed by atoms with E-state index in [0.717, 1.165) is 18.0 Å². The van der Waals surface area contributed by atoms with Crippen molar-refractivity contribution in [3.05, 3.63) is 0 Å². The predicted octanol–water partition coefficient (Wildman–Crippen LogP) is 0.603. The fourth-order valence-corrected chi connectivity index (χ4v) is 1.89. The highest BCUT2D eigenvalue weighted by atomic mass is 15.5. The van der Waals surface area contributed by atoms with E-state index in [2.05, 4.69) is 24.4 Å². The van der Waals surface area contributed by atoms with Crippen molar-refractivity contribution in [1.82, 2.24) is 10.4 Å². The molecule has 2 nitrogen and oxygen atoms in total. The number of hydrogen-bond acceptors (Lipinski definition) is 2. The summed E-state index contributed by atoms with van der Waals surface area (Å²) in [7, 11) is 2.15. The van der Waals surface area contributed by atoms with E-state index >= 15 is 0 Å². The lowest BCUT2D eigenvalue weighted by Gasteiger charge is -2.51. The van der Waals surface area contributed by atoms with E-state index in [1.54, 1.807) is 0 Å². The first-order valence-corrected chi connectivity index (χ1v) is 3.76. The Morgan fingerprint density at radius 2 is 2.11 bits per heavy atom. The van der Waals surface area contributed by atoms with Crippen molar-refractivity contribution in [2.24, 2.45) is 5.92 Å². The van der Waals surface area contributed by atoms with Gasteiger partial charge in [0.2, 0.25) is 0 Å². The van der Waals surface area contributed by atoms with Gasteiger partial charge >= 0.3 is 0 Å². The van der Waals surface area contributed by atoms with Gasteiger partial charge < -0.3 is 0 Å². The average molecular weight is 126 g/mol. The molecule has 3 aliphatic rings. The first kappa shape index (κ1) is 5.69. The second-order valence-corrected chi connectivity index (χ2v) is 3.41. The highest BCUT2D eigenvalue weighted by molar-refractivity contribution is 4.94. The minimum absolute atomic E-state index is 0.722. The van der Waals surface area contributed by atoms with Gasteiger partial charge in [0, 0.05) is 19.1 Å². The van der Waals surface area contributed by atoms with Crippen molar-refractivity contribution in [1.29, 1.82) is 0 Å². The second kappa shape index (κ2) is 1.70. The van der Waals surface area contributed by atoms with Crippen LogP contribution < -0.4 is 5.43 Å². The molecule has 1 aliphatic carbocycles. The molecule has 2 heterocycles. The summed E-state index contributed by atoms with van der Waals surface area (Å²) in [6.45, 7) is 2.27. The van der Waals surface area contributed by atoms with Crippen molar-refractivity contribution in [3.63, 3.8) is 0 Å². The molecule has 0 aromatic rings. The van der Waals surface area contributed by atoms with Crippen LogP contribution >= 0.6 is 0 Å². The summed E-state index contributed by atoms with van der Waals surface area (Å²) in [5.41, 5.74) is 3.41. The highest BCUT2D eigenvalue weighted by Crippen LogP contribution is 2.36. The monoisotopic (exact) mass is 126 g/mol. The van der Waals surface area contributed by atoms with Crippen LogP contribution in [0.1, 0.15) is 19.8 Å². The minimum atomic E-state index is 0.722. The van der Waals surface area contributed by atoms with E-state index in [9.17, 15) is 0 Å². The van der Waals surface area contributed by atoms with Crippen LogP contribution in [0.5, 0.6) is 0 Å². The molecule has 52 valence electrons. The summed E-state index contributed by atoms with van der Waals surface area (Å²) in [4.78, 5) is 0. The lowest BCUT2D eigenvalue weighted by molar-refractivity contribution is -0.0401. The van der Waals surface area contributed by atoms with Crippen LogP contribution in [-0.4, -0.2) is 24.1 Å². The van der Waals surface area contributed by atoms with E-state index in [1.807, 2.05) is 0 Å². The summed E-state index contributed by atoms with van der Waals surface area (Å²) in [5, 5.41) is 2.27. The van der Waals surface area contributed by atoms with E-state index in [4.69, 9.17) is 0 Å². The largest absolute Gasteiger partial charge is 0.252 e. The molecule has 1 N–H and O–H groups in total. The summed E-state index contributed by atoms with van der Waals surface area (Å²) in [6, 6.07) is 1.58. The van der Waals surface area contributed by atoms with Gasteiger partial charge in [0.1, 0.15) is 0 Å². The van der Waals surface area contributed by atoms with Crippen LogP contribution in [0.25, 0.3) is 0 Å². The number of nitrogens with zero attached hydrogens (tertiary/aromatic N) is 1. The van der Waals surface area contributed by atoms with Crippen LogP contribution in [-0.2, 0) is 0 Å². The zero-order chi connectivity index (χ0) is 6.43. The normalized spacial score (nSPS) is 50.7. The van der Waals surface area contributed by atoms with E-state index in [0.29, 0.717) is 0 Å². The Kier molecular flexibility index (Phi) is 1.08. The third kappa shape index (κ3) is 0.700. The van der Waals surface area contributed by atoms with Gasteiger partial charge in [-0.15, -0.1) is 0 Å². The topological polar surface area (TPSA) is 15.3 Å². The molecule has 2 aliphatic heterocycles. The first-order valence-electron chi connectivity index (χ1n) is 3.76. The molecule has 1 saturated carbocycles. The molecule has 2 bridgehead atoms. The Morgan fingerprint density at radius 3 is 2.44 bits per heavy atom. The highest BCUT2D eigenvalue weighted by Gasteiger charge is 2.40. The molecule has 2 heteroatoms. The Labute approximate surface area is 56.2 Å². The smallest absolute Gasteiger partial charge is 0.0247 e. The van der Waals surface area contributed by atoms with Crippen LogP contribution in [0.3, 0.4) is 0 Å². The number of rotatable bonds is 0. The Hall–Kier alpha value is -0.0800. The van der Waals surface area contributed by atoms with Crippen LogP contribution in [0.4, 0.5) is 0 Å². The number of nitrogens with one attached hydrogen (secondary N) is 1. The van der Waals surface area contributed by atoms with Gasteiger partial charge in [-0.2, -0.15) is 0 Å². The van der Waals surface area contributed by atoms with Crippen molar-refractivity contribution < 1.29 is 0 Å². The molecule has 0 spiro atoms. The Balaban J connectivity index is 2.04. The van der Waals surface area contributed by atoms with E-state index in [1.165, 1.54) is 12.8 Å². The molecular formula is C7H14N2. The molecule has 0 radical (unpaired) electrons. The van der Waals surface area contributed by atoms with Gasteiger partial charge in [-0.3, -0.25) is 5.43 Å². The third-order valence-electron chi connectivity index (χ3n) is 2.81. The third-order valence-corrected chi connectivity index (χ3v) is 2.81. The molecule has 1 unspecified atom stereocenters. The lowest BCUT2D eigenvalue weighted by atomic mass is 9.74. The molecule has 2 saturated heterocycles. The van der Waals surface area contributed by atoms with Gasteiger partial charge in [-0.1, -0.05) is 0 Å². The van der Waals surface area contributed by atoms with Crippen molar-refractivity contribution in [2.45, 2.75) is 31.8 Å². The standard InChI is InChI=1S/C7H14N2/c1-5-6-3-7(4-6)9(2)8-5/h5-8H,3-4H2,1-2H3. The fraction of sp³-hybridized carbons (Fsp3) is 1.00. The number of fused-ring (bicyclic) bond motifs is 2. The fourth-order valence-electron chi connectivity index (χ4n) is 1.89. The van der Waals surface area contributed by atoms with Gasteiger partial charge in [0.05, 0.1) is 0 Å². The molecule has 0 aromatic carbocycles. The SMILES string of the molecule is CC1NN(C)C2CC1C2. The van der Waals surface area contributed by atoms with Crippen molar-refractivity contribution in [3.8, 4) is 0 Å². The first-order chi connectivity index (χ1) is 4.27. The van der Waals surface area contributed by atoms with Gasteiger partial charge in [0.15, 0.2) is 0 Å². The maximum atomic E-state index is 3.41. The summed E-state index contributed by atoms with van der Waals surface area (Å²) < 4.78 is 0. The van der Waals surface area contributed by atoms with Crippen molar-refractivity contribution >= 4 is 0 Å². The molecule has 3 rings (SSSR count). The lowest BCUT2D eigenvalue weighted by Crippen LogP contribution is -2.63. The van der Waals surface area contributed by atoms with Crippen LogP contribution in [0, 0.1) is 5.92 Å². The van der Waals surface area contributed by atoms with Gasteiger partial charge in [0.25, 0.3) is 0 Å². The Morgan fingerprint density at radius 1 is 1.44 bits per heavy atom. The average Bonchev–Trinajstić information content (AvgIpc) is 1.57. The second-order valence-electron chi connectivity index (χ2n) is 3.41.